The summed E-state index contributed by atoms with van der Waals surface area (Å²) in [6, 6.07) is 8.46. The zero-order chi connectivity index (χ0) is 18.1. The number of esters is 1. The molecule has 0 atom stereocenters. The number of nitrogens with one attached hydrogen (secondary N) is 1. The molecule has 7 nitrogen and oxygen atoms in total. The van der Waals surface area contributed by atoms with Gasteiger partial charge < -0.3 is 15.0 Å². The summed E-state index contributed by atoms with van der Waals surface area (Å²) < 4.78 is 4.80. The Morgan fingerprint density at radius 1 is 1.16 bits per heavy atom. The summed E-state index contributed by atoms with van der Waals surface area (Å²) in [6.45, 7) is 0.888. The predicted molar refractivity (Wildman–Crippen MR) is 90.3 cm³/mol. The van der Waals surface area contributed by atoms with Crippen molar-refractivity contribution in [2.75, 3.05) is 25.0 Å². The van der Waals surface area contributed by atoms with Crippen LogP contribution in [0.2, 0.25) is 0 Å². The summed E-state index contributed by atoms with van der Waals surface area (Å²) in [5.41, 5.74) is 0.663. The van der Waals surface area contributed by atoms with E-state index in [4.69, 9.17) is 10.00 Å². The highest BCUT2D eigenvalue weighted by atomic mass is 16.5. The second kappa shape index (κ2) is 9.23. The number of hydrogen-bond donors (Lipinski definition) is 1. The Morgan fingerprint density at radius 3 is 2.60 bits per heavy atom. The molecule has 1 N–H and O–H groups in total. The lowest BCUT2D eigenvalue weighted by molar-refractivity contribution is -0.142. The van der Waals surface area contributed by atoms with Crippen molar-refractivity contribution >= 4 is 23.5 Å². The first kappa shape index (κ1) is 18.2. The van der Waals surface area contributed by atoms with Gasteiger partial charge >= 0.3 is 5.97 Å². The highest BCUT2D eigenvalue weighted by molar-refractivity contribution is 5.97. The molecule has 0 radical (unpaired) electrons. The maximum Gasteiger partial charge on any atom is 0.331 e. The molecule has 0 saturated carbocycles. The fourth-order valence-electron chi connectivity index (χ4n) is 2.42. The van der Waals surface area contributed by atoms with E-state index >= 15 is 0 Å². The minimum absolute atomic E-state index is 0.232. The summed E-state index contributed by atoms with van der Waals surface area (Å²) in [4.78, 5) is 36.9. The van der Waals surface area contributed by atoms with Gasteiger partial charge in [0.15, 0.2) is 6.61 Å². The summed E-state index contributed by atoms with van der Waals surface area (Å²) in [6.07, 6.45) is 5.23. The van der Waals surface area contributed by atoms with Gasteiger partial charge in [-0.3, -0.25) is 9.59 Å². The Bertz CT molecular complexity index is 715. The van der Waals surface area contributed by atoms with Gasteiger partial charge in [0.1, 0.15) is 6.07 Å². The SMILES string of the molecule is N#Cc1ccccc1NC(=O)COC(=O)/C=C/C(=O)N1CCCCC1. The topological polar surface area (TPSA) is 99.5 Å². The van der Waals surface area contributed by atoms with Crippen LogP contribution < -0.4 is 5.32 Å². The van der Waals surface area contributed by atoms with Gasteiger partial charge in [-0.1, -0.05) is 12.1 Å². The van der Waals surface area contributed by atoms with Crippen molar-refractivity contribution in [3.8, 4) is 6.07 Å². The number of rotatable bonds is 5. The number of ether oxygens (including phenoxy) is 1. The van der Waals surface area contributed by atoms with Crippen molar-refractivity contribution in [1.82, 2.24) is 4.90 Å². The Labute approximate surface area is 145 Å². The number of nitrogens with zero attached hydrogens (tertiary/aromatic N) is 2. The molecule has 130 valence electrons. The maximum atomic E-state index is 11.9. The largest absolute Gasteiger partial charge is 0.452 e. The fraction of sp³-hybridized carbons (Fsp3) is 0.333. The van der Waals surface area contributed by atoms with Crippen molar-refractivity contribution in [1.29, 1.82) is 5.26 Å². The standard InChI is InChI=1S/C18H19N3O4/c19-12-14-6-2-3-7-15(14)20-16(22)13-25-18(24)9-8-17(23)21-10-4-1-5-11-21/h2-3,6-9H,1,4-5,10-11,13H2,(H,20,22)/b9-8+. The second-order valence-corrected chi connectivity index (χ2v) is 5.53. The molecule has 2 amide bonds. The van der Waals surface area contributed by atoms with Crippen molar-refractivity contribution in [2.24, 2.45) is 0 Å². The Balaban J connectivity index is 1.77. The van der Waals surface area contributed by atoms with E-state index in [9.17, 15) is 14.4 Å². The zero-order valence-corrected chi connectivity index (χ0v) is 13.7. The molecule has 0 aromatic heterocycles. The fourth-order valence-corrected chi connectivity index (χ4v) is 2.42. The van der Waals surface area contributed by atoms with E-state index in [0.29, 0.717) is 24.3 Å². The van der Waals surface area contributed by atoms with Gasteiger partial charge in [-0.15, -0.1) is 0 Å². The van der Waals surface area contributed by atoms with E-state index < -0.39 is 18.5 Å². The molecule has 0 aliphatic carbocycles. The van der Waals surface area contributed by atoms with E-state index in [2.05, 4.69) is 5.32 Å². The zero-order valence-electron chi connectivity index (χ0n) is 13.7. The van der Waals surface area contributed by atoms with Crippen molar-refractivity contribution in [2.45, 2.75) is 19.3 Å². The van der Waals surface area contributed by atoms with Gasteiger partial charge in [-0.2, -0.15) is 5.26 Å². The van der Waals surface area contributed by atoms with Gasteiger partial charge in [-0.05, 0) is 31.4 Å². The van der Waals surface area contributed by atoms with Crippen LogP contribution in [0.1, 0.15) is 24.8 Å². The highest BCUT2D eigenvalue weighted by Crippen LogP contribution is 2.13. The summed E-state index contributed by atoms with van der Waals surface area (Å²) in [7, 11) is 0. The van der Waals surface area contributed by atoms with Crippen LogP contribution in [0.4, 0.5) is 5.69 Å². The number of carbonyl (C=O) groups excluding carboxylic acids is 3. The minimum Gasteiger partial charge on any atom is -0.452 e. The molecule has 1 aliphatic rings. The number of amides is 2. The lowest BCUT2D eigenvalue weighted by Crippen LogP contribution is -2.34. The van der Waals surface area contributed by atoms with Gasteiger partial charge in [-0.25, -0.2) is 4.79 Å². The average molecular weight is 341 g/mol. The Morgan fingerprint density at radius 2 is 1.88 bits per heavy atom. The monoisotopic (exact) mass is 341 g/mol. The van der Waals surface area contributed by atoms with E-state index in [-0.39, 0.29) is 5.91 Å². The molecule has 1 aliphatic heterocycles. The van der Waals surface area contributed by atoms with E-state index in [1.807, 2.05) is 6.07 Å². The molecule has 1 saturated heterocycles. The summed E-state index contributed by atoms with van der Waals surface area (Å²) in [5.74, 6) is -1.56. The van der Waals surface area contributed by atoms with Crippen LogP contribution in [0, 0.1) is 11.3 Å². The molecule has 7 heteroatoms. The number of nitriles is 1. The molecule has 0 spiro atoms. The number of anilines is 1. The predicted octanol–water partition coefficient (Wildman–Crippen LogP) is 1.61. The molecule has 2 rings (SSSR count). The summed E-state index contributed by atoms with van der Waals surface area (Å²) in [5, 5.41) is 11.4. The van der Waals surface area contributed by atoms with Crippen LogP contribution in [-0.2, 0) is 19.1 Å². The average Bonchev–Trinajstić information content (AvgIpc) is 2.65. The molecule has 25 heavy (non-hydrogen) atoms. The van der Waals surface area contributed by atoms with E-state index in [1.165, 1.54) is 0 Å². The van der Waals surface area contributed by atoms with Crippen LogP contribution in [0.15, 0.2) is 36.4 Å². The van der Waals surface area contributed by atoms with Gasteiger partial charge in [0.2, 0.25) is 5.91 Å². The smallest absolute Gasteiger partial charge is 0.331 e. The highest BCUT2D eigenvalue weighted by Gasteiger charge is 2.14. The molecular formula is C18H19N3O4. The first-order valence-electron chi connectivity index (χ1n) is 8.03. The quantitative estimate of drug-likeness (QED) is 0.648. The third-order valence-electron chi connectivity index (χ3n) is 3.70. The van der Waals surface area contributed by atoms with E-state index in [0.717, 1.165) is 31.4 Å². The number of para-hydroxylation sites is 1. The van der Waals surface area contributed by atoms with Gasteiger partial charge in [0.25, 0.3) is 5.91 Å². The lowest BCUT2D eigenvalue weighted by Gasteiger charge is -2.25. The van der Waals surface area contributed by atoms with Crippen LogP contribution in [-0.4, -0.2) is 42.4 Å². The number of benzene rings is 1. The van der Waals surface area contributed by atoms with Crippen molar-refractivity contribution < 1.29 is 19.1 Å². The van der Waals surface area contributed by atoms with Crippen LogP contribution in [0.25, 0.3) is 0 Å². The lowest BCUT2D eigenvalue weighted by atomic mass is 10.1. The summed E-state index contributed by atoms with van der Waals surface area (Å²) >= 11 is 0. The first-order valence-corrected chi connectivity index (χ1v) is 8.03. The van der Waals surface area contributed by atoms with Crippen LogP contribution >= 0.6 is 0 Å². The molecular weight excluding hydrogens is 322 g/mol. The van der Waals surface area contributed by atoms with Gasteiger partial charge in [0.05, 0.1) is 11.3 Å². The Kier molecular flexibility index (Phi) is 6.72. The third-order valence-corrected chi connectivity index (χ3v) is 3.70. The van der Waals surface area contributed by atoms with Crippen molar-refractivity contribution in [3.05, 3.63) is 42.0 Å². The maximum absolute atomic E-state index is 11.9. The number of hydrogen-bond acceptors (Lipinski definition) is 5. The van der Waals surface area contributed by atoms with Gasteiger partial charge in [0, 0.05) is 25.2 Å². The number of carbonyl (C=O) groups is 3. The molecule has 0 unspecified atom stereocenters. The third kappa shape index (κ3) is 5.77. The number of likely N-dealkylation sites (tertiary alicyclic amines) is 1. The molecule has 1 heterocycles. The number of piperidine rings is 1. The molecule has 1 aromatic carbocycles. The molecule has 1 aromatic rings. The van der Waals surface area contributed by atoms with Crippen LogP contribution in [0.3, 0.4) is 0 Å². The Hall–Kier alpha value is -3.14. The minimum atomic E-state index is -0.769. The molecule has 0 bridgehead atoms. The molecule has 1 fully saturated rings. The normalized spacial score (nSPS) is 14.0. The van der Waals surface area contributed by atoms with Crippen molar-refractivity contribution in [3.63, 3.8) is 0 Å². The van der Waals surface area contributed by atoms with E-state index in [1.54, 1.807) is 29.2 Å². The second-order valence-electron chi connectivity index (χ2n) is 5.53. The van der Waals surface area contributed by atoms with Crippen LogP contribution in [0.5, 0.6) is 0 Å². The first-order chi connectivity index (χ1) is 12.1.